The number of likely N-dealkylation sites (tertiary alicyclic amines) is 1. The maximum absolute atomic E-state index is 13.6. The van der Waals surface area contributed by atoms with Gasteiger partial charge in [-0.05, 0) is 80.3 Å². The van der Waals surface area contributed by atoms with Gasteiger partial charge in [0.1, 0.15) is 11.3 Å². The number of fused-ring (bicyclic) bond motifs is 3. The van der Waals surface area contributed by atoms with Crippen molar-refractivity contribution in [3.05, 3.63) is 42.0 Å². The smallest absolute Gasteiger partial charge is 0.254 e. The van der Waals surface area contributed by atoms with Gasteiger partial charge < -0.3 is 29.4 Å². The fraction of sp³-hybridized carbons (Fsp3) is 0.529. The molecule has 8 nitrogen and oxygen atoms in total. The highest BCUT2D eigenvalue weighted by atomic mass is 16.5. The number of hydrogen-bond acceptors (Lipinski definition) is 5. The second-order valence-corrected chi connectivity index (χ2v) is 13.6. The van der Waals surface area contributed by atoms with Crippen LogP contribution in [0.15, 0.2) is 36.4 Å². The molecule has 2 aromatic carbocycles. The Morgan fingerprint density at radius 1 is 1.12 bits per heavy atom. The predicted octanol–water partition coefficient (Wildman–Crippen LogP) is 5.41. The summed E-state index contributed by atoms with van der Waals surface area (Å²) in [7, 11) is 5.95. The van der Waals surface area contributed by atoms with Crippen LogP contribution in [-0.2, 0) is 13.6 Å². The summed E-state index contributed by atoms with van der Waals surface area (Å²) in [4.78, 5) is 23.2. The van der Waals surface area contributed by atoms with E-state index >= 15 is 0 Å². The Morgan fingerprint density at radius 3 is 2.60 bits per heavy atom. The Kier molecular flexibility index (Phi) is 5.91. The van der Waals surface area contributed by atoms with Crippen LogP contribution < -0.4 is 15.4 Å². The highest BCUT2D eigenvalue weighted by Gasteiger charge is 2.59. The monoisotopic (exact) mass is 566 g/mol. The van der Waals surface area contributed by atoms with Gasteiger partial charge in [0, 0.05) is 73.9 Å². The first-order valence-corrected chi connectivity index (χ1v) is 15.8. The number of nitrogens with two attached hydrogens (primary N) is 1. The van der Waals surface area contributed by atoms with Gasteiger partial charge in [-0.25, -0.2) is 4.98 Å². The van der Waals surface area contributed by atoms with E-state index in [0.29, 0.717) is 17.9 Å². The molecule has 1 unspecified atom stereocenters. The van der Waals surface area contributed by atoms with E-state index in [2.05, 4.69) is 52.4 Å². The number of hydrogen-bond donors (Lipinski definition) is 1. The lowest BCUT2D eigenvalue weighted by Crippen LogP contribution is -2.74. The molecule has 0 radical (unpaired) electrons. The Hall–Kier alpha value is -3.52. The number of amides is 1. The van der Waals surface area contributed by atoms with Crippen LogP contribution in [0.2, 0.25) is 0 Å². The van der Waals surface area contributed by atoms with Crippen LogP contribution in [0.25, 0.3) is 33.5 Å². The molecular formula is C34H42N6O2. The number of benzene rings is 2. The zero-order valence-electron chi connectivity index (χ0n) is 25.1. The second kappa shape index (κ2) is 9.49. The lowest BCUT2D eigenvalue weighted by atomic mass is 9.57. The molecule has 4 aromatic rings. The summed E-state index contributed by atoms with van der Waals surface area (Å²) in [6.45, 7) is 3.50. The van der Waals surface area contributed by atoms with Crippen molar-refractivity contribution in [1.29, 1.82) is 0 Å². The standard InChI is InChI=1S/C34H42N6O2/c1-37(13-11-21-4-5-21)25-8-9-27-23(14-25)16-28(39(27)18-22-6-7-22)32-36-26-15-24(17-29(42-3)31(26)38(32)2)33(41)40-20-34(19-35)12-10-30(34)40/h8-9,14-17,21-22,30H,4-7,10-13,18-20,35H2,1-3H3/t30?,34-/m1/s1. The van der Waals surface area contributed by atoms with E-state index in [-0.39, 0.29) is 17.4 Å². The summed E-state index contributed by atoms with van der Waals surface area (Å²) in [5.74, 6) is 3.28. The van der Waals surface area contributed by atoms with Crippen molar-refractivity contribution in [3.63, 3.8) is 0 Å². The van der Waals surface area contributed by atoms with Gasteiger partial charge in [0.15, 0.2) is 5.82 Å². The highest BCUT2D eigenvalue weighted by Crippen LogP contribution is 2.53. The molecular weight excluding hydrogens is 524 g/mol. The number of piperidine rings is 1. The molecule has 8 heteroatoms. The number of anilines is 1. The Labute approximate surface area is 247 Å². The van der Waals surface area contributed by atoms with Crippen LogP contribution >= 0.6 is 0 Å². The maximum Gasteiger partial charge on any atom is 0.254 e. The second-order valence-electron chi connectivity index (χ2n) is 13.6. The van der Waals surface area contributed by atoms with Crippen LogP contribution in [0, 0.1) is 17.3 Å². The molecule has 3 heterocycles. The van der Waals surface area contributed by atoms with E-state index < -0.39 is 0 Å². The summed E-state index contributed by atoms with van der Waals surface area (Å²) in [6, 6.07) is 13.3. The van der Waals surface area contributed by atoms with Gasteiger partial charge in [0.25, 0.3) is 5.91 Å². The van der Waals surface area contributed by atoms with Crippen molar-refractivity contribution in [3.8, 4) is 17.3 Å². The van der Waals surface area contributed by atoms with Gasteiger partial charge in [-0.15, -0.1) is 0 Å². The van der Waals surface area contributed by atoms with E-state index in [1.165, 1.54) is 48.7 Å². The van der Waals surface area contributed by atoms with Crippen LogP contribution in [0.1, 0.15) is 55.3 Å². The fourth-order valence-electron chi connectivity index (χ4n) is 7.54. The van der Waals surface area contributed by atoms with E-state index in [4.69, 9.17) is 15.5 Å². The average molecular weight is 567 g/mol. The fourth-order valence-corrected chi connectivity index (χ4v) is 7.54. The number of aromatic nitrogens is 3. The van der Waals surface area contributed by atoms with Gasteiger partial charge in [-0.2, -0.15) is 0 Å². The van der Waals surface area contributed by atoms with E-state index in [0.717, 1.165) is 66.9 Å². The summed E-state index contributed by atoms with van der Waals surface area (Å²) in [5.41, 5.74) is 12.2. The number of aryl methyl sites for hydroxylation is 1. The SMILES string of the molecule is COc1cc(C(=O)N2C[C@]3(CN)CCC23)cc2nc(-c3cc4cc(N(C)CCC5CC5)ccc4n3CC3CC3)n(C)c12. The van der Waals surface area contributed by atoms with Crippen molar-refractivity contribution in [1.82, 2.24) is 19.0 Å². The molecule has 3 saturated carbocycles. The maximum atomic E-state index is 13.6. The van der Waals surface area contributed by atoms with Gasteiger partial charge in [-0.1, -0.05) is 12.8 Å². The van der Waals surface area contributed by atoms with Gasteiger partial charge in [0.2, 0.25) is 0 Å². The predicted molar refractivity (Wildman–Crippen MR) is 167 cm³/mol. The zero-order valence-corrected chi connectivity index (χ0v) is 25.1. The third-order valence-electron chi connectivity index (χ3n) is 10.8. The molecule has 42 heavy (non-hydrogen) atoms. The third kappa shape index (κ3) is 4.05. The molecule has 8 rings (SSSR count). The lowest BCUT2D eigenvalue weighted by Gasteiger charge is -2.64. The van der Waals surface area contributed by atoms with Crippen LogP contribution in [-0.4, -0.2) is 64.8 Å². The molecule has 0 bridgehead atoms. The number of carbonyl (C=O) groups excluding carboxylic acids is 1. The molecule has 4 aliphatic rings. The number of nitrogens with zero attached hydrogens (tertiary/aromatic N) is 5. The van der Waals surface area contributed by atoms with Crippen molar-refractivity contribution in [2.75, 3.05) is 38.7 Å². The molecule has 2 aromatic heterocycles. The number of ether oxygens (including phenoxy) is 1. The summed E-state index contributed by atoms with van der Waals surface area (Å²) >= 11 is 0. The van der Waals surface area contributed by atoms with Crippen molar-refractivity contribution in [2.24, 2.45) is 30.0 Å². The van der Waals surface area contributed by atoms with Crippen molar-refractivity contribution < 1.29 is 9.53 Å². The minimum Gasteiger partial charge on any atom is -0.494 e. The molecule has 1 saturated heterocycles. The van der Waals surface area contributed by atoms with E-state index in [9.17, 15) is 4.79 Å². The number of rotatable bonds is 10. The quantitative estimate of drug-likeness (QED) is 0.278. The number of methoxy groups -OCH3 is 1. The largest absolute Gasteiger partial charge is 0.494 e. The molecule has 1 aliphatic heterocycles. The average Bonchev–Trinajstić information content (AvgIpc) is 3.92. The summed E-state index contributed by atoms with van der Waals surface area (Å²) < 4.78 is 10.5. The molecule has 2 atom stereocenters. The molecule has 2 N–H and O–H groups in total. The van der Waals surface area contributed by atoms with E-state index in [1.807, 2.05) is 17.0 Å². The normalized spacial score (nSPS) is 23.1. The Balaban J connectivity index is 1.17. The van der Waals surface area contributed by atoms with Crippen LogP contribution in [0.5, 0.6) is 5.75 Å². The zero-order chi connectivity index (χ0) is 28.7. The minimum atomic E-state index is 0.0531. The summed E-state index contributed by atoms with van der Waals surface area (Å²) in [6.07, 6.45) is 8.80. The minimum absolute atomic E-state index is 0.0531. The van der Waals surface area contributed by atoms with Crippen molar-refractivity contribution in [2.45, 2.75) is 57.5 Å². The first-order valence-electron chi connectivity index (χ1n) is 15.8. The molecule has 0 spiro atoms. The number of carbonyl (C=O) groups is 1. The van der Waals surface area contributed by atoms with Gasteiger partial charge in [0.05, 0.1) is 18.3 Å². The van der Waals surface area contributed by atoms with Crippen LogP contribution in [0.3, 0.4) is 0 Å². The van der Waals surface area contributed by atoms with Gasteiger partial charge in [-0.3, -0.25) is 4.79 Å². The molecule has 220 valence electrons. The van der Waals surface area contributed by atoms with Crippen LogP contribution in [0.4, 0.5) is 5.69 Å². The molecule has 4 fully saturated rings. The Morgan fingerprint density at radius 2 is 1.93 bits per heavy atom. The third-order valence-corrected chi connectivity index (χ3v) is 10.8. The van der Waals surface area contributed by atoms with Crippen molar-refractivity contribution >= 4 is 33.5 Å². The first kappa shape index (κ1) is 26.1. The van der Waals surface area contributed by atoms with E-state index in [1.54, 1.807) is 7.11 Å². The highest BCUT2D eigenvalue weighted by molar-refractivity contribution is 6.01. The topological polar surface area (TPSA) is 81.6 Å². The Bertz CT molecular complexity index is 1710. The first-order chi connectivity index (χ1) is 20.4. The summed E-state index contributed by atoms with van der Waals surface area (Å²) in [5, 5.41) is 1.25. The van der Waals surface area contributed by atoms with Gasteiger partial charge >= 0.3 is 0 Å². The number of imidazole rings is 1. The lowest BCUT2D eigenvalue weighted by molar-refractivity contribution is -0.117. The molecule has 3 aliphatic carbocycles. The molecule has 1 amide bonds.